The molecule has 0 heteroatoms. The van der Waals surface area contributed by atoms with Crippen molar-refractivity contribution in [1.82, 2.24) is 0 Å². The van der Waals surface area contributed by atoms with Crippen LogP contribution in [0.1, 0.15) is 84.0 Å². The molecule has 0 amide bonds. The zero-order valence-corrected chi connectivity index (χ0v) is 11.2. The van der Waals surface area contributed by atoms with Crippen molar-refractivity contribution in [2.45, 2.75) is 84.0 Å². The fourth-order valence-electron chi connectivity index (χ4n) is 1.74. The van der Waals surface area contributed by atoms with Gasteiger partial charge in [0.25, 0.3) is 0 Å². The minimum absolute atomic E-state index is 1.02. The standard InChI is InChI=1S/C16H29/c1-3-5-7-9-11-13-15-16-14-12-10-8-6-4-2/h1,3-8,10,12-16H2,2H3. The van der Waals surface area contributed by atoms with E-state index in [1.165, 1.54) is 51.4 Å². The Bertz CT molecular complexity index is 170. The minimum atomic E-state index is 1.02. The van der Waals surface area contributed by atoms with Gasteiger partial charge in [0, 0.05) is 12.8 Å². The molecule has 0 aliphatic heterocycles. The minimum Gasteiger partial charge on any atom is -0.103 e. The third-order valence-corrected chi connectivity index (χ3v) is 2.83. The number of rotatable bonds is 10. The summed E-state index contributed by atoms with van der Waals surface area (Å²) in [6.45, 7) is 6.08. The van der Waals surface area contributed by atoms with E-state index in [0.717, 1.165) is 25.7 Å². The molecule has 0 aliphatic rings. The van der Waals surface area contributed by atoms with Gasteiger partial charge in [-0.05, 0) is 12.8 Å². The molecule has 0 nitrogen and oxygen atoms in total. The first-order chi connectivity index (χ1) is 7.91. The Morgan fingerprint density at radius 3 is 1.75 bits per heavy atom. The van der Waals surface area contributed by atoms with Crippen LogP contribution >= 0.6 is 0 Å². The monoisotopic (exact) mass is 221 g/mol. The quantitative estimate of drug-likeness (QED) is 0.336. The van der Waals surface area contributed by atoms with Crippen molar-refractivity contribution >= 4 is 0 Å². The van der Waals surface area contributed by atoms with E-state index in [1.54, 1.807) is 0 Å². The van der Waals surface area contributed by atoms with Crippen LogP contribution in [0.25, 0.3) is 0 Å². The Labute approximate surface area is 103 Å². The van der Waals surface area contributed by atoms with Crippen LogP contribution in [0.4, 0.5) is 0 Å². The van der Waals surface area contributed by atoms with Gasteiger partial charge in [0.2, 0.25) is 0 Å². The fourth-order valence-corrected chi connectivity index (χ4v) is 1.74. The van der Waals surface area contributed by atoms with Gasteiger partial charge in [-0.25, -0.2) is 0 Å². The average Bonchev–Trinajstić information content (AvgIpc) is 2.31. The second-order valence-electron chi connectivity index (χ2n) is 4.54. The van der Waals surface area contributed by atoms with E-state index < -0.39 is 0 Å². The lowest BCUT2D eigenvalue weighted by atomic mass is 10.1. The third-order valence-electron chi connectivity index (χ3n) is 2.83. The van der Waals surface area contributed by atoms with Gasteiger partial charge in [-0.1, -0.05) is 65.2 Å². The lowest BCUT2D eigenvalue weighted by Crippen LogP contribution is -1.80. The summed E-state index contributed by atoms with van der Waals surface area (Å²) in [7, 11) is 0. The molecule has 0 aromatic carbocycles. The maximum absolute atomic E-state index is 3.81. The van der Waals surface area contributed by atoms with E-state index >= 15 is 0 Å². The Balaban J connectivity index is 2.99. The highest BCUT2D eigenvalue weighted by atomic mass is 14.0. The first kappa shape index (κ1) is 15.6. The van der Waals surface area contributed by atoms with Crippen molar-refractivity contribution in [3.05, 3.63) is 6.92 Å². The van der Waals surface area contributed by atoms with Crippen LogP contribution in [0, 0.1) is 18.8 Å². The van der Waals surface area contributed by atoms with Gasteiger partial charge in [0.05, 0.1) is 0 Å². The molecule has 0 saturated carbocycles. The average molecular weight is 221 g/mol. The lowest BCUT2D eigenvalue weighted by molar-refractivity contribution is 0.579. The summed E-state index contributed by atoms with van der Waals surface area (Å²) in [5, 5.41) is 0. The predicted molar refractivity (Wildman–Crippen MR) is 74.2 cm³/mol. The first-order valence-electron chi connectivity index (χ1n) is 7.16. The van der Waals surface area contributed by atoms with E-state index in [2.05, 4.69) is 25.7 Å². The van der Waals surface area contributed by atoms with E-state index in [4.69, 9.17) is 0 Å². The summed E-state index contributed by atoms with van der Waals surface area (Å²) in [4.78, 5) is 0. The second-order valence-corrected chi connectivity index (χ2v) is 4.54. The summed E-state index contributed by atoms with van der Waals surface area (Å²) < 4.78 is 0. The second kappa shape index (κ2) is 14.6. The van der Waals surface area contributed by atoms with Gasteiger partial charge in [-0.3, -0.25) is 0 Å². The molecular formula is C16H29. The smallest absolute Gasteiger partial charge is 0.00886 e. The maximum Gasteiger partial charge on any atom is 0.00886 e. The molecule has 0 aliphatic carbocycles. The molecule has 0 heterocycles. The summed E-state index contributed by atoms with van der Waals surface area (Å²) in [6.07, 6.45) is 15.5. The van der Waals surface area contributed by atoms with Gasteiger partial charge in [0.15, 0.2) is 0 Å². The van der Waals surface area contributed by atoms with E-state index in [0.29, 0.717) is 0 Å². The van der Waals surface area contributed by atoms with Gasteiger partial charge >= 0.3 is 0 Å². The molecule has 0 aromatic rings. The van der Waals surface area contributed by atoms with Crippen molar-refractivity contribution in [1.29, 1.82) is 0 Å². The molecule has 93 valence electrons. The molecule has 16 heavy (non-hydrogen) atoms. The molecule has 0 bridgehead atoms. The van der Waals surface area contributed by atoms with Crippen LogP contribution in [-0.2, 0) is 0 Å². The molecule has 0 fully saturated rings. The number of hydrogen-bond donors (Lipinski definition) is 0. The van der Waals surface area contributed by atoms with Crippen molar-refractivity contribution in [2.24, 2.45) is 0 Å². The molecule has 0 N–H and O–H groups in total. The SMILES string of the molecule is [CH2]CCCC#CCCCCCCCCCC. The van der Waals surface area contributed by atoms with Gasteiger partial charge in [-0.2, -0.15) is 0 Å². The van der Waals surface area contributed by atoms with Gasteiger partial charge in [0.1, 0.15) is 0 Å². The fraction of sp³-hybridized carbons (Fsp3) is 0.812. The molecule has 0 aromatic heterocycles. The highest BCUT2D eigenvalue weighted by molar-refractivity contribution is 4.98. The Kier molecular flexibility index (Phi) is 14.2. The Morgan fingerprint density at radius 2 is 1.19 bits per heavy atom. The highest BCUT2D eigenvalue weighted by Gasteiger charge is 1.90. The summed E-state index contributed by atoms with van der Waals surface area (Å²) in [5.41, 5.74) is 0. The van der Waals surface area contributed by atoms with E-state index in [-0.39, 0.29) is 0 Å². The molecule has 1 radical (unpaired) electrons. The molecule has 0 unspecified atom stereocenters. The topological polar surface area (TPSA) is 0 Å². The number of unbranched alkanes of at least 4 members (excludes halogenated alkanes) is 10. The molecule has 0 spiro atoms. The zero-order valence-electron chi connectivity index (χ0n) is 11.2. The summed E-state index contributed by atoms with van der Waals surface area (Å²) >= 11 is 0. The van der Waals surface area contributed by atoms with Crippen LogP contribution in [0.5, 0.6) is 0 Å². The van der Waals surface area contributed by atoms with Crippen LogP contribution in [-0.4, -0.2) is 0 Å². The van der Waals surface area contributed by atoms with E-state index in [9.17, 15) is 0 Å². The first-order valence-corrected chi connectivity index (χ1v) is 7.16. The molecular weight excluding hydrogens is 192 g/mol. The van der Waals surface area contributed by atoms with Gasteiger partial charge in [-0.15, -0.1) is 11.8 Å². The third kappa shape index (κ3) is 13.6. The molecule has 0 saturated heterocycles. The van der Waals surface area contributed by atoms with Crippen molar-refractivity contribution in [2.75, 3.05) is 0 Å². The molecule has 0 atom stereocenters. The van der Waals surface area contributed by atoms with Crippen LogP contribution < -0.4 is 0 Å². The predicted octanol–water partition coefficient (Wildman–Crippen LogP) is 5.52. The summed E-state index contributed by atoms with van der Waals surface area (Å²) in [5.74, 6) is 6.47. The van der Waals surface area contributed by atoms with Crippen molar-refractivity contribution in [3.63, 3.8) is 0 Å². The Morgan fingerprint density at radius 1 is 0.688 bits per heavy atom. The maximum atomic E-state index is 3.81. The lowest BCUT2D eigenvalue weighted by Gasteiger charge is -1.99. The zero-order chi connectivity index (χ0) is 11.9. The van der Waals surface area contributed by atoms with Crippen LogP contribution in [0.3, 0.4) is 0 Å². The highest BCUT2D eigenvalue weighted by Crippen LogP contribution is 2.09. The number of hydrogen-bond acceptors (Lipinski definition) is 0. The van der Waals surface area contributed by atoms with E-state index in [1.807, 2.05) is 0 Å². The van der Waals surface area contributed by atoms with Crippen LogP contribution in [0.15, 0.2) is 0 Å². The largest absolute Gasteiger partial charge is 0.103 e. The summed E-state index contributed by atoms with van der Waals surface area (Å²) in [6, 6.07) is 0. The molecule has 0 rings (SSSR count). The normalized spacial score (nSPS) is 9.88. The van der Waals surface area contributed by atoms with Crippen molar-refractivity contribution in [3.8, 4) is 11.8 Å². The van der Waals surface area contributed by atoms with Crippen molar-refractivity contribution < 1.29 is 0 Å². The Hall–Kier alpha value is -0.440. The van der Waals surface area contributed by atoms with Gasteiger partial charge < -0.3 is 0 Å². The van der Waals surface area contributed by atoms with Crippen LogP contribution in [0.2, 0.25) is 0 Å².